The summed E-state index contributed by atoms with van der Waals surface area (Å²) >= 11 is 0. The second-order valence-electron chi connectivity index (χ2n) is 6.90. The van der Waals surface area contributed by atoms with Gasteiger partial charge in [0.2, 0.25) is 0 Å². The van der Waals surface area contributed by atoms with Crippen LogP contribution in [-0.4, -0.2) is 52.1 Å². The van der Waals surface area contributed by atoms with Gasteiger partial charge in [-0.3, -0.25) is 9.89 Å². The summed E-state index contributed by atoms with van der Waals surface area (Å²) < 4.78 is 2.05. The molecule has 2 heterocycles. The fraction of sp³-hybridized carbons (Fsp3) is 0.500. The standard InChI is InChI=1S/C20H30N6.HI/c1-3-22-20(23-10-12-25-11-9-21-16-25)24-19-13-17(2)26(15-19)14-18-7-5-4-6-8-18;/h4-9,11,16-17,19H,3,10,12-15H2,1-2H3,(H2,22,23,24);1H. The summed E-state index contributed by atoms with van der Waals surface area (Å²) in [5.41, 5.74) is 1.38. The van der Waals surface area contributed by atoms with E-state index >= 15 is 0 Å². The number of nitrogens with zero attached hydrogens (tertiary/aromatic N) is 4. The fourth-order valence-corrected chi connectivity index (χ4v) is 3.45. The first-order valence-electron chi connectivity index (χ1n) is 9.53. The van der Waals surface area contributed by atoms with Crippen LogP contribution in [0.2, 0.25) is 0 Å². The molecule has 7 heteroatoms. The Morgan fingerprint density at radius 2 is 2.11 bits per heavy atom. The normalized spacial score (nSPS) is 20.3. The predicted molar refractivity (Wildman–Crippen MR) is 121 cm³/mol. The van der Waals surface area contributed by atoms with Gasteiger partial charge in [0.25, 0.3) is 0 Å². The van der Waals surface area contributed by atoms with Crippen molar-refractivity contribution in [2.75, 3.05) is 19.6 Å². The van der Waals surface area contributed by atoms with Gasteiger partial charge in [-0.15, -0.1) is 24.0 Å². The van der Waals surface area contributed by atoms with Crippen LogP contribution < -0.4 is 10.6 Å². The lowest BCUT2D eigenvalue weighted by atomic mass is 10.2. The average Bonchev–Trinajstić information content (AvgIpc) is 3.26. The Balaban J connectivity index is 0.00000261. The fourth-order valence-electron chi connectivity index (χ4n) is 3.45. The number of hydrogen-bond donors (Lipinski definition) is 2. The topological polar surface area (TPSA) is 57.5 Å². The second-order valence-corrected chi connectivity index (χ2v) is 6.90. The number of likely N-dealkylation sites (tertiary alicyclic amines) is 1. The molecule has 148 valence electrons. The van der Waals surface area contributed by atoms with E-state index in [-0.39, 0.29) is 24.0 Å². The highest BCUT2D eigenvalue weighted by Gasteiger charge is 2.29. The molecule has 1 aliphatic rings. The number of guanidine groups is 1. The summed E-state index contributed by atoms with van der Waals surface area (Å²) in [6.45, 7) is 8.92. The zero-order valence-electron chi connectivity index (χ0n) is 16.2. The third kappa shape index (κ3) is 6.80. The van der Waals surface area contributed by atoms with Gasteiger partial charge in [-0.05, 0) is 25.8 Å². The number of halogens is 1. The van der Waals surface area contributed by atoms with Crippen LogP contribution in [0.4, 0.5) is 0 Å². The maximum absolute atomic E-state index is 4.71. The maximum Gasteiger partial charge on any atom is 0.191 e. The molecule has 27 heavy (non-hydrogen) atoms. The SMILES string of the molecule is CCNC(=NCCn1ccnc1)NC1CC(C)N(Cc2ccccc2)C1.I. The van der Waals surface area contributed by atoms with Gasteiger partial charge in [-0.25, -0.2) is 4.98 Å². The Hall–Kier alpha value is -1.61. The Labute approximate surface area is 179 Å². The predicted octanol–water partition coefficient (Wildman–Crippen LogP) is 2.72. The van der Waals surface area contributed by atoms with Gasteiger partial charge in [0.1, 0.15) is 0 Å². The molecule has 2 aromatic rings. The van der Waals surface area contributed by atoms with Crippen LogP contribution in [-0.2, 0) is 13.1 Å². The number of aromatic nitrogens is 2. The third-order valence-electron chi connectivity index (χ3n) is 4.80. The second kappa shape index (κ2) is 11.3. The molecule has 2 atom stereocenters. The maximum atomic E-state index is 4.71. The van der Waals surface area contributed by atoms with E-state index < -0.39 is 0 Å². The molecule has 1 aliphatic heterocycles. The Morgan fingerprint density at radius 1 is 1.30 bits per heavy atom. The van der Waals surface area contributed by atoms with Gasteiger partial charge in [0, 0.05) is 50.7 Å². The molecule has 2 N–H and O–H groups in total. The van der Waals surface area contributed by atoms with Crippen molar-refractivity contribution in [3.63, 3.8) is 0 Å². The van der Waals surface area contributed by atoms with E-state index in [4.69, 9.17) is 4.99 Å². The molecule has 1 aromatic carbocycles. The summed E-state index contributed by atoms with van der Waals surface area (Å²) in [6.07, 6.45) is 6.74. The van der Waals surface area contributed by atoms with Crippen LogP contribution in [0.1, 0.15) is 25.8 Å². The van der Waals surface area contributed by atoms with Crippen molar-refractivity contribution in [2.24, 2.45) is 4.99 Å². The lowest BCUT2D eigenvalue weighted by Crippen LogP contribution is -2.44. The Morgan fingerprint density at radius 3 is 2.81 bits per heavy atom. The number of benzene rings is 1. The van der Waals surface area contributed by atoms with Crippen molar-refractivity contribution >= 4 is 29.9 Å². The van der Waals surface area contributed by atoms with Gasteiger partial charge in [0.05, 0.1) is 12.9 Å². The smallest absolute Gasteiger partial charge is 0.191 e. The molecule has 0 spiro atoms. The van der Waals surface area contributed by atoms with Gasteiger partial charge in [-0.2, -0.15) is 0 Å². The number of nitrogens with one attached hydrogen (secondary N) is 2. The zero-order chi connectivity index (χ0) is 18.2. The molecule has 0 amide bonds. The van der Waals surface area contributed by atoms with E-state index in [1.807, 2.05) is 17.1 Å². The molecule has 6 nitrogen and oxygen atoms in total. The minimum atomic E-state index is 0. The summed E-state index contributed by atoms with van der Waals surface area (Å²) in [7, 11) is 0. The van der Waals surface area contributed by atoms with E-state index in [9.17, 15) is 0 Å². The number of imidazole rings is 1. The van der Waals surface area contributed by atoms with Crippen molar-refractivity contribution < 1.29 is 0 Å². The molecule has 0 aliphatic carbocycles. The molecule has 0 bridgehead atoms. The first kappa shape index (κ1) is 21.7. The van der Waals surface area contributed by atoms with Crippen LogP contribution in [0.15, 0.2) is 54.0 Å². The molecule has 2 unspecified atom stereocenters. The third-order valence-corrected chi connectivity index (χ3v) is 4.80. The van der Waals surface area contributed by atoms with E-state index in [0.29, 0.717) is 12.1 Å². The highest BCUT2D eigenvalue weighted by atomic mass is 127. The van der Waals surface area contributed by atoms with Gasteiger partial charge in [0.15, 0.2) is 5.96 Å². The summed E-state index contributed by atoms with van der Waals surface area (Å²) in [5.74, 6) is 0.909. The lowest BCUT2D eigenvalue weighted by molar-refractivity contribution is 0.258. The molecular weight excluding hydrogens is 451 g/mol. The van der Waals surface area contributed by atoms with Crippen molar-refractivity contribution in [3.8, 4) is 0 Å². The summed E-state index contributed by atoms with van der Waals surface area (Å²) in [4.78, 5) is 11.3. The molecular formula is C20H31IN6. The zero-order valence-corrected chi connectivity index (χ0v) is 18.5. The van der Waals surface area contributed by atoms with E-state index in [1.54, 1.807) is 6.20 Å². The molecule has 3 rings (SSSR count). The van der Waals surface area contributed by atoms with Gasteiger partial charge in [-0.1, -0.05) is 30.3 Å². The monoisotopic (exact) mass is 482 g/mol. The number of hydrogen-bond acceptors (Lipinski definition) is 3. The molecule has 1 fully saturated rings. The van der Waals surface area contributed by atoms with E-state index in [2.05, 4.69) is 64.7 Å². The van der Waals surface area contributed by atoms with E-state index in [1.165, 1.54) is 5.56 Å². The Kier molecular flexibility index (Phi) is 9.06. The van der Waals surface area contributed by atoms with Gasteiger partial charge >= 0.3 is 0 Å². The van der Waals surface area contributed by atoms with Crippen molar-refractivity contribution in [1.82, 2.24) is 25.1 Å². The lowest BCUT2D eigenvalue weighted by Gasteiger charge is -2.21. The van der Waals surface area contributed by atoms with Crippen LogP contribution >= 0.6 is 24.0 Å². The first-order valence-corrected chi connectivity index (χ1v) is 9.53. The molecule has 0 radical (unpaired) electrons. The first-order chi connectivity index (χ1) is 12.7. The summed E-state index contributed by atoms with van der Waals surface area (Å²) in [6, 6.07) is 11.7. The van der Waals surface area contributed by atoms with Crippen molar-refractivity contribution in [1.29, 1.82) is 0 Å². The minimum Gasteiger partial charge on any atom is -0.357 e. The van der Waals surface area contributed by atoms with Crippen LogP contribution in [0.5, 0.6) is 0 Å². The quantitative estimate of drug-likeness (QED) is 0.362. The number of rotatable bonds is 7. The van der Waals surface area contributed by atoms with Crippen molar-refractivity contribution in [2.45, 2.75) is 45.4 Å². The minimum absolute atomic E-state index is 0. The highest BCUT2D eigenvalue weighted by molar-refractivity contribution is 14.0. The highest BCUT2D eigenvalue weighted by Crippen LogP contribution is 2.20. The Bertz CT molecular complexity index is 673. The van der Waals surface area contributed by atoms with Crippen LogP contribution in [0.3, 0.4) is 0 Å². The van der Waals surface area contributed by atoms with Gasteiger partial charge < -0.3 is 15.2 Å². The van der Waals surface area contributed by atoms with Crippen LogP contribution in [0, 0.1) is 0 Å². The largest absolute Gasteiger partial charge is 0.357 e. The average molecular weight is 482 g/mol. The van der Waals surface area contributed by atoms with Crippen molar-refractivity contribution in [3.05, 3.63) is 54.6 Å². The van der Waals surface area contributed by atoms with E-state index in [0.717, 1.165) is 45.1 Å². The molecule has 1 aromatic heterocycles. The number of aliphatic imine (C=N–C) groups is 1. The summed E-state index contributed by atoms with van der Waals surface area (Å²) in [5, 5.41) is 6.98. The molecule has 1 saturated heterocycles. The van der Waals surface area contributed by atoms with Crippen LogP contribution in [0.25, 0.3) is 0 Å². The molecule has 0 saturated carbocycles.